The van der Waals surface area contributed by atoms with Crippen LogP contribution in [0.3, 0.4) is 0 Å². The fourth-order valence-electron chi connectivity index (χ4n) is 1.14. The molecule has 2 rings (SSSR count). The molecule has 0 radical (unpaired) electrons. The molecular formula is C8H9N5O. The van der Waals surface area contributed by atoms with Gasteiger partial charge in [-0.25, -0.2) is 4.68 Å². The number of aromatic nitrogens is 4. The molecule has 0 spiro atoms. The highest BCUT2D eigenvalue weighted by molar-refractivity contribution is 5.52. The van der Waals surface area contributed by atoms with Gasteiger partial charge in [0.15, 0.2) is 0 Å². The molecule has 1 aromatic carbocycles. The maximum Gasteiger partial charge on any atom is 0.143 e. The molecule has 1 heterocycles. The predicted molar refractivity (Wildman–Crippen MR) is 50.1 cm³/mol. The monoisotopic (exact) mass is 191 g/mol. The fraction of sp³-hybridized carbons (Fsp3) is 0.125. The van der Waals surface area contributed by atoms with Crippen LogP contribution in [0.15, 0.2) is 24.5 Å². The second-order valence-electron chi connectivity index (χ2n) is 2.72. The van der Waals surface area contributed by atoms with Gasteiger partial charge in [0.25, 0.3) is 0 Å². The van der Waals surface area contributed by atoms with Crippen molar-refractivity contribution < 1.29 is 4.74 Å². The van der Waals surface area contributed by atoms with Crippen molar-refractivity contribution in [2.75, 3.05) is 12.8 Å². The van der Waals surface area contributed by atoms with Gasteiger partial charge in [0.2, 0.25) is 0 Å². The first-order chi connectivity index (χ1) is 6.79. The van der Waals surface area contributed by atoms with Crippen LogP contribution >= 0.6 is 0 Å². The summed E-state index contributed by atoms with van der Waals surface area (Å²) in [4.78, 5) is 0. The number of anilines is 1. The quantitative estimate of drug-likeness (QED) is 0.688. The van der Waals surface area contributed by atoms with Crippen LogP contribution in [0.4, 0.5) is 5.69 Å². The molecule has 0 aliphatic carbocycles. The molecule has 6 heteroatoms. The first-order valence-corrected chi connectivity index (χ1v) is 3.97. The molecule has 0 aliphatic heterocycles. The van der Waals surface area contributed by atoms with E-state index in [0.29, 0.717) is 11.4 Å². The number of nitrogens with two attached hydrogens (primary N) is 1. The number of methoxy groups -OCH3 is 1. The van der Waals surface area contributed by atoms with Crippen LogP contribution in [0.25, 0.3) is 5.69 Å². The van der Waals surface area contributed by atoms with E-state index in [4.69, 9.17) is 10.5 Å². The number of ether oxygens (including phenoxy) is 1. The van der Waals surface area contributed by atoms with Crippen molar-refractivity contribution in [2.24, 2.45) is 0 Å². The van der Waals surface area contributed by atoms with Gasteiger partial charge in [-0.15, -0.1) is 5.10 Å². The Labute approximate surface area is 80.3 Å². The summed E-state index contributed by atoms with van der Waals surface area (Å²) >= 11 is 0. The van der Waals surface area contributed by atoms with Gasteiger partial charge in [0, 0.05) is 17.8 Å². The second kappa shape index (κ2) is 3.33. The average molecular weight is 191 g/mol. The smallest absolute Gasteiger partial charge is 0.143 e. The predicted octanol–water partition coefficient (Wildman–Crippen LogP) is 0.253. The Balaban J connectivity index is 2.48. The Hall–Kier alpha value is -2.11. The molecule has 0 aliphatic rings. The highest BCUT2D eigenvalue weighted by atomic mass is 16.5. The molecule has 0 atom stereocenters. The van der Waals surface area contributed by atoms with E-state index in [1.807, 2.05) is 0 Å². The minimum atomic E-state index is 0.606. The molecule has 0 saturated carbocycles. The molecule has 0 fully saturated rings. The van der Waals surface area contributed by atoms with Crippen molar-refractivity contribution in [1.82, 2.24) is 20.2 Å². The number of benzene rings is 1. The van der Waals surface area contributed by atoms with E-state index in [1.165, 1.54) is 11.0 Å². The molecule has 0 amide bonds. The molecule has 0 bridgehead atoms. The van der Waals surface area contributed by atoms with Crippen LogP contribution in [0.2, 0.25) is 0 Å². The zero-order chi connectivity index (χ0) is 9.97. The molecule has 0 saturated heterocycles. The third-order valence-corrected chi connectivity index (χ3v) is 1.76. The normalized spacial score (nSPS) is 10.1. The molecule has 2 N–H and O–H groups in total. The van der Waals surface area contributed by atoms with Gasteiger partial charge in [-0.05, 0) is 16.5 Å². The van der Waals surface area contributed by atoms with E-state index in [9.17, 15) is 0 Å². The van der Waals surface area contributed by atoms with Crippen molar-refractivity contribution in [2.45, 2.75) is 0 Å². The Morgan fingerprint density at radius 1 is 1.36 bits per heavy atom. The summed E-state index contributed by atoms with van der Waals surface area (Å²) in [5.74, 6) is 0.676. The summed E-state index contributed by atoms with van der Waals surface area (Å²) in [6.45, 7) is 0. The van der Waals surface area contributed by atoms with Crippen molar-refractivity contribution >= 4 is 5.69 Å². The van der Waals surface area contributed by atoms with E-state index < -0.39 is 0 Å². The van der Waals surface area contributed by atoms with Gasteiger partial charge in [-0.1, -0.05) is 0 Å². The standard InChI is InChI=1S/C8H9N5O/c1-14-8-3-6(9)2-7(4-8)13-5-10-11-12-13/h2-5H,9H2,1H3. The fourth-order valence-corrected chi connectivity index (χ4v) is 1.14. The SMILES string of the molecule is COc1cc(N)cc(-n2cnnn2)c1. The van der Waals surface area contributed by atoms with Gasteiger partial charge < -0.3 is 10.5 Å². The Morgan fingerprint density at radius 2 is 2.21 bits per heavy atom. The summed E-state index contributed by atoms with van der Waals surface area (Å²) in [5.41, 5.74) is 7.06. The lowest BCUT2D eigenvalue weighted by Gasteiger charge is -2.04. The lowest BCUT2D eigenvalue weighted by atomic mass is 10.2. The van der Waals surface area contributed by atoms with E-state index in [2.05, 4.69) is 15.5 Å². The Bertz CT molecular complexity index is 425. The highest BCUT2D eigenvalue weighted by Gasteiger charge is 2.01. The highest BCUT2D eigenvalue weighted by Crippen LogP contribution is 2.20. The summed E-state index contributed by atoms with van der Waals surface area (Å²) in [5, 5.41) is 10.8. The van der Waals surface area contributed by atoms with Gasteiger partial charge in [0.05, 0.1) is 12.8 Å². The molecule has 0 unspecified atom stereocenters. The van der Waals surface area contributed by atoms with Crippen molar-refractivity contribution in [3.05, 3.63) is 24.5 Å². The van der Waals surface area contributed by atoms with E-state index in [1.54, 1.807) is 25.3 Å². The zero-order valence-corrected chi connectivity index (χ0v) is 7.58. The van der Waals surface area contributed by atoms with E-state index >= 15 is 0 Å². The molecular weight excluding hydrogens is 182 g/mol. The van der Waals surface area contributed by atoms with E-state index in [0.717, 1.165) is 5.69 Å². The van der Waals surface area contributed by atoms with Crippen molar-refractivity contribution in [3.8, 4) is 11.4 Å². The van der Waals surface area contributed by atoms with Crippen LogP contribution in [-0.2, 0) is 0 Å². The third-order valence-electron chi connectivity index (χ3n) is 1.76. The van der Waals surface area contributed by atoms with Crippen LogP contribution in [-0.4, -0.2) is 27.3 Å². The number of hydrogen-bond donors (Lipinski definition) is 1. The number of rotatable bonds is 2. The third kappa shape index (κ3) is 1.49. The molecule has 2 aromatic rings. The van der Waals surface area contributed by atoms with Crippen LogP contribution in [0.1, 0.15) is 0 Å². The summed E-state index contributed by atoms with van der Waals surface area (Å²) in [6.07, 6.45) is 1.49. The number of nitrogen functional groups attached to an aromatic ring is 1. The summed E-state index contributed by atoms with van der Waals surface area (Å²) in [7, 11) is 1.58. The Morgan fingerprint density at radius 3 is 2.86 bits per heavy atom. The molecule has 14 heavy (non-hydrogen) atoms. The summed E-state index contributed by atoms with van der Waals surface area (Å²) in [6, 6.07) is 5.29. The van der Waals surface area contributed by atoms with Crippen molar-refractivity contribution in [3.63, 3.8) is 0 Å². The number of nitrogens with zero attached hydrogens (tertiary/aromatic N) is 4. The maximum absolute atomic E-state index is 5.68. The van der Waals surface area contributed by atoms with Crippen LogP contribution in [0.5, 0.6) is 5.75 Å². The number of hydrogen-bond acceptors (Lipinski definition) is 5. The first kappa shape index (κ1) is 8.49. The van der Waals surface area contributed by atoms with Crippen LogP contribution in [0, 0.1) is 0 Å². The van der Waals surface area contributed by atoms with Crippen molar-refractivity contribution in [1.29, 1.82) is 0 Å². The largest absolute Gasteiger partial charge is 0.497 e. The average Bonchev–Trinajstić information content (AvgIpc) is 2.69. The van der Waals surface area contributed by atoms with Gasteiger partial charge in [-0.2, -0.15) is 0 Å². The lowest BCUT2D eigenvalue weighted by molar-refractivity contribution is 0.414. The molecule has 6 nitrogen and oxygen atoms in total. The molecule has 1 aromatic heterocycles. The topological polar surface area (TPSA) is 78.9 Å². The minimum Gasteiger partial charge on any atom is -0.497 e. The minimum absolute atomic E-state index is 0.606. The lowest BCUT2D eigenvalue weighted by Crippen LogP contribution is -1.98. The van der Waals surface area contributed by atoms with Gasteiger partial charge in [0.1, 0.15) is 12.1 Å². The van der Waals surface area contributed by atoms with Crippen LogP contribution < -0.4 is 10.5 Å². The first-order valence-electron chi connectivity index (χ1n) is 3.97. The van der Waals surface area contributed by atoms with Gasteiger partial charge in [-0.3, -0.25) is 0 Å². The van der Waals surface area contributed by atoms with E-state index in [-0.39, 0.29) is 0 Å². The zero-order valence-electron chi connectivity index (χ0n) is 7.58. The second-order valence-corrected chi connectivity index (χ2v) is 2.72. The van der Waals surface area contributed by atoms with Gasteiger partial charge >= 0.3 is 0 Å². The maximum atomic E-state index is 5.68. The summed E-state index contributed by atoms with van der Waals surface area (Å²) < 4.78 is 6.58. The molecule has 72 valence electrons. The number of tetrazole rings is 1. The Kier molecular flexibility index (Phi) is 2.02.